The van der Waals surface area contributed by atoms with Crippen LogP contribution in [0.15, 0.2) is 24.3 Å². The molecule has 3 N–H and O–H groups in total. The number of rotatable bonds is 10. The molecule has 0 bridgehead atoms. The maximum Gasteiger partial charge on any atom is 0.326 e. The summed E-state index contributed by atoms with van der Waals surface area (Å²) in [5, 5.41) is 9.26. The Morgan fingerprint density at radius 3 is 2.36 bits per heavy atom. The highest BCUT2D eigenvalue weighted by molar-refractivity contribution is 5.80. The molecule has 0 aliphatic rings. The number of phenols is 1. The van der Waals surface area contributed by atoms with Gasteiger partial charge >= 0.3 is 5.97 Å². The van der Waals surface area contributed by atoms with Crippen LogP contribution in [-0.2, 0) is 16.0 Å². The van der Waals surface area contributed by atoms with Gasteiger partial charge in [-0.1, -0.05) is 51.2 Å². The first-order valence-electron chi connectivity index (χ1n) is 8.19. The fourth-order valence-electron chi connectivity index (χ4n) is 2.32. The molecule has 0 aliphatic carbocycles. The van der Waals surface area contributed by atoms with Crippen molar-refractivity contribution in [2.24, 2.45) is 5.73 Å². The monoisotopic (exact) mass is 307 g/mol. The predicted octanol–water partition coefficient (Wildman–Crippen LogP) is 3.56. The van der Waals surface area contributed by atoms with Crippen LogP contribution in [-0.4, -0.2) is 23.2 Å². The van der Waals surface area contributed by atoms with Crippen molar-refractivity contribution in [3.05, 3.63) is 29.8 Å². The lowest BCUT2D eigenvalue weighted by atomic mass is 9.94. The summed E-state index contributed by atoms with van der Waals surface area (Å²) in [6.45, 7) is 4.31. The maximum absolute atomic E-state index is 12.1. The minimum absolute atomic E-state index is 0.202. The van der Waals surface area contributed by atoms with Gasteiger partial charge in [-0.25, -0.2) is 0 Å². The van der Waals surface area contributed by atoms with Gasteiger partial charge in [-0.05, 0) is 31.0 Å². The second-order valence-electron chi connectivity index (χ2n) is 6.16. The molecule has 0 saturated heterocycles. The van der Waals surface area contributed by atoms with Crippen LogP contribution < -0.4 is 5.73 Å². The second kappa shape index (κ2) is 9.46. The number of hydrogen-bond donors (Lipinski definition) is 2. The summed E-state index contributed by atoms with van der Waals surface area (Å²) in [6, 6.07) is 6.71. The fraction of sp³-hybridized carbons (Fsp3) is 0.611. The standard InChI is InChI=1S/C18H29NO3/c1-3-4-5-6-7-8-13-22-17(21)18(2,19)14-15-9-11-16(20)12-10-15/h9-12,20H,3-8,13-14,19H2,1-2H3/t18-/m0/s1. The molecule has 4 heteroatoms. The summed E-state index contributed by atoms with van der Waals surface area (Å²) in [4.78, 5) is 12.1. The topological polar surface area (TPSA) is 72.5 Å². The highest BCUT2D eigenvalue weighted by atomic mass is 16.5. The van der Waals surface area contributed by atoms with Gasteiger partial charge in [0.2, 0.25) is 0 Å². The van der Waals surface area contributed by atoms with Gasteiger partial charge in [-0.2, -0.15) is 0 Å². The zero-order valence-electron chi connectivity index (χ0n) is 13.8. The fourth-order valence-corrected chi connectivity index (χ4v) is 2.32. The predicted molar refractivity (Wildman–Crippen MR) is 88.7 cm³/mol. The lowest BCUT2D eigenvalue weighted by Crippen LogP contribution is -2.48. The van der Waals surface area contributed by atoms with Crippen LogP contribution in [0.25, 0.3) is 0 Å². The SMILES string of the molecule is CCCCCCCCOC(=O)[C@@](C)(N)Cc1ccc(O)cc1. The molecular formula is C18H29NO3. The Morgan fingerprint density at radius 1 is 1.14 bits per heavy atom. The van der Waals surface area contributed by atoms with Gasteiger partial charge in [0.1, 0.15) is 11.3 Å². The van der Waals surface area contributed by atoms with E-state index in [1.807, 2.05) is 0 Å². The van der Waals surface area contributed by atoms with E-state index in [1.54, 1.807) is 31.2 Å². The Hall–Kier alpha value is -1.55. The van der Waals surface area contributed by atoms with E-state index in [-0.39, 0.29) is 11.7 Å². The molecular weight excluding hydrogens is 278 g/mol. The van der Waals surface area contributed by atoms with E-state index in [2.05, 4.69) is 6.92 Å². The van der Waals surface area contributed by atoms with Gasteiger partial charge < -0.3 is 15.6 Å². The second-order valence-corrected chi connectivity index (χ2v) is 6.16. The molecule has 0 unspecified atom stereocenters. The average molecular weight is 307 g/mol. The van der Waals surface area contributed by atoms with Gasteiger partial charge in [0, 0.05) is 6.42 Å². The third kappa shape index (κ3) is 6.94. The van der Waals surface area contributed by atoms with Crippen LogP contribution in [0.1, 0.15) is 57.9 Å². The van der Waals surface area contributed by atoms with E-state index in [9.17, 15) is 9.90 Å². The molecule has 0 heterocycles. The lowest BCUT2D eigenvalue weighted by molar-refractivity contribution is -0.149. The number of ether oxygens (including phenoxy) is 1. The molecule has 0 aromatic heterocycles. The van der Waals surface area contributed by atoms with Crippen molar-refractivity contribution >= 4 is 5.97 Å². The van der Waals surface area contributed by atoms with Crippen molar-refractivity contribution in [2.75, 3.05) is 6.61 Å². The van der Waals surface area contributed by atoms with E-state index in [0.29, 0.717) is 13.0 Å². The van der Waals surface area contributed by atoms with Crippen LogP contribution >= 0.6 is 0 Å². The number of phenolic OH excluding ortho intramolecular Hbond substituents is 1. The number of aromatic hydroxyl groups is 1. The summed E-state index contributed by atoms with van der Waals surface area (Å²) in [7, 11) is 0. The Labute approximate surface area is 133 Å². The largest absolute Gasteiger partial charge is 0.508 e. The van der Waals surface area contributed by atoms with Gasteiger partial charge in [-0.3, -0.25) is 4.79 Å². The average Bonchev–Trinajstić information content (AvgIpc) is 2.48. The summed E-state index contributed by atoms with van der Waals surface area (Å²) >= 11 is 0. The minimum Gasteiger partial charge on any atom is -0.508 e. The van der Waals surface area contributed by atoms with Gasteiger partial charge in [-0.15, -0.1) is 0 Å². The van der Waals surface area contributed by atoms with Crippen LogP contribution in [0.4, 0.5) is 0 Å². The summed E-state index contributed by atoms with van der Waals surface area (Å²) in [5.41, 5.74) is 5.93. The first kappa shape index (κ1) is 18.5. The zero-order valence-corrected chi connectivity index (χ0v) is 13.8. The number of esters is 1. The highest BCUT2D eigenvalue weighted by Gasteiger charge is 2.30. The Bertz CT molecular complexity index is 440. The van der Waals surface area contributed by atoms with Crippen LogP contribution in [0.5, 0.6) is 5.75 Å². The normalized spacial score (nSPS) is 13.6. The van der Waals surface area contributed by atoms with Crippen molar-refractivity contribution in [2.45, 2.75) is 64.3 Å². The molecule has 1 aromatic carbocycles. The molecule has 0 saturated carbocycles. The maximum atomic E-state index is 12.1. The van der Waals surface area contributed by atoms with Gasteiger partial charge in [0.05, 0.1) is 6.61 Å². The van der Waals surface area contributed by atoms with Crippen molar-refractivity contribution in [3.63, 3.8) is 0 Å². The number of nitrogens with two attached hydrogens (primary N) is 1. The van der Waals surface area contributed by atoms with E-state index >= 15 is 0 Å². The molecule has 1 aromatic rings. The molecule has 124 valence electrons. The molecule has 0 spiro atoms. The van der Waals surface area contributed by atoms with E-state index in [4.69, 9.17) is 10.5 Å². The molecule has 0 amide bonds. The van der Waals surface area contributed by atoms with Crippen molar-refractivity contribution in [1.82, 2.24) is 0 Å². The Kier molecular flexibility index (Phi) is 7.96. The molecule has 1 rings (SSSR count). The molecule has 22 heavy (non-hydrogen) atoms. The van der Waals surface area contributed by atoms with Crippen LogP contribution in [0.2, 0.25) is 0 Å². The van der Waals surface area contributed by atoms with Crippen molar-refractivity contribution < 1.29 is 14.6 Å². The number of carbonyl (C=O) groups excluding carboxylic acids is 1. The first-order chi connectivity index (χ1) is 10.5. The van der Waals surface area contributed by atoms with Crippen LogP contribution in [0, 0.1) is 0 Å². The number of benzene rings is 1. The van der Waals surface area contributed by atoms with Gasteiger partial charge in [0.15, 0.2) is 0 Å². The first-order valence-corrected chi connectivity index (χ1v) is 8.19. The quantitative estimate of drug-likeness (QED) is 0.512. The van der Waals surface area contributed by atoms with E-state index < -0.39 is 5.54 Å². The minimum atomic E-state index is -1.04. The summed E-state index contributed by atoms with van der Waals surface area (Å²) in [6.07, 6.45) is 7.32. The highest BCUT2D eigenvalue weighted by Crippen LogP contribution is 2.16. The number of hydrogen-bond acceptors (Lipinski definition) is 4. The molecule has 4 nitrogen and oxygen atoms in total. The number of carbonyl (C=O) groups is 1. The third-order valence-electron chi connectivity index (χ3n) is 3.71. The van der Waals surface area contributed by atoms with E-state index in [0.717, 1.165) is 18.4 Å². The number of unbranched alkanes of at least 4 members (excludes halogenated alkanes) is 5. The Balaban J connectivity index is 2.29. The van der Waals surface area contributed by atoms with Gasteiger partial charge in [0.25, 0.3) is 0 Å². The summed E-state index contributed by atoms with van der Waals surface area (Å²) < 4.78 is 5.30. The molecule has 1 atom stereocenters. The Morgan fingerprint density at radius 2 is 1.73 bits per heavy atom. The smallest absolute Gasteiger partial charge is 0.326 e. The third-order valence-corrected chi connectivity index (χ3v) is 3.71. The lowest BCUT2D eigenvalue weighted by Gasteiger charge is -2.22. The van der Waals surface area contributed by atoms with E-state index in [1.165, 1.54) is 25.7 Å². The summed E-state index contributed by atoms with van der Waals surface area (Å²) in [5.74, 6) is -0.165. The molecule has 0 radical (unpaired) electrons. The van der Waals surface area contributed by atoms with Crippen molar-refractivity contribution in [1.29, 1.82) is 0 Å². The zero-order chi connectivity index (χ0) is 16.4. The van der Waals surface area contributed by atoms with Crippen LogP contribution in [0.3, 0.4) is 0 Å². The molecule has 0 aliphatic heterocycles. The van der Waals surface area contributed by atoms with Crippen molar-refractivity contribution in [3.8, 4) is 5.75 Å². The molecule has 0 fully saturated rings.